The minimum atomic E-state index is -0.829. The van der Waals surface area contributed by atoms with Crippen LogP contribution in [0.1, 0.15) is 26.7 Å². The fourth-order valence-corrected chi connectivity index (χ4v) is 3.12. The lowest BCUT2D eigenvalue weighted by molar-refractivity contribution is -0.139. The third kappa shape index (κ3) is 4.13. The quantitative estimate of drug-likeness (QED) is 0.729. The zero-order valence-corrected chi connectivity index (χ0v) is 14.0. The molecule has 2 N–H and O–H groups in total. The molecule has 2 fully saturated rings. The zero-order chi connectivity index (χ0) is 17.1. The lowest BCUT2D eigenvalue weighted by atomic mass is 9.85. The van der Waals surface area contributed by atoms with Crippen molar-refractivity contribution in [3.05, 3.63) is 0 Å². The van der Waals surface area contributed by atoms with E-state index in [0.717, 1.165) is 12.8 Å². The average Bonchev–Trinajstić information content (AvgIpc) is 2.44. The first-order chi connectivity index (χ1) is 10.8. The van der Waals surface area contributed by atoms with Crippen LogP contribution in [0, 0.1) is 0 Å². The van der Waals surface area contributed by atoms with Gasteiger partial charge in [0.05, 0.1) is 6.54 Å². The third-order valence-corrected chi connectivity index (χ3v) is 4.85. The van der Waals surface area contributed by atoms with Gasteiger partial charge in [-0.2, -0.15) is 0 Å². The highest BCUT2D eigenvalue weighted by molar-refractivity contribution is 5.85. The van der Waals surface area contributed by atoms with Gasteiger partial charge in [-0.1, -0.05) is 6.92 Å². The van der Waals surface area contributed by atoms with Crippen molar-refractivity contribution in [3.63, 3.8) is 0 Å². The van der Waals surface area contributed by atoms with Crippen molar-refractivity contribution in [1.29, 1.82) is 0 Å². The first kappa shape index (κ1) is 17.5. The number of hydrogen-bond donors (Lipinski definition) is 2. The number of amides is 3. The Balaban J connectivity index is 1.78. The van der Waals surface area contributed by atoms with Gasteiger partial charge in [0.2, 0.25) is 5.91 Å². The van der Waals surface area contributed by atoms with E-state index in [-0.39, 0.29) is 43.2 Å². The molecule has 1 aliphatic carbocycles. The molecule has 0 radical (unpaired) electrons. The van der Waals surface area contributed by atoms with E-state index < -0.39 is 5.97 Å². The molecule has 2 rings (SSSR count). The molecule has 3 amide bonds. The maximum atomic E-state index is 12.3. The van der Waals surface area contributed by atoms with E-state index in [4.69, 9.17) is 5.11 Å². The van der Waals surface area contributed by atoms with Gasteiger partial charge in [-0.15, -0.1) is 0 Å². The van der Waals surface area contributed by atoms with E-state index in [1.165, 1.54) is 0 Å². The van der Waals surface area contributed by atoms with Crippen LogP contribution in [0.3, 0.4) is 0 Å². The molecule has 0 aromatic heterocycles. The monoisotopic (exact) mass is 326 g/mol. The first-order valence-corrected chi connectivity index (χ1v) is 8.08. The number of nitrogens with zero attached hydrogens (tertiary/aromatic N) is 3. The number of carboxylic acid groups (broad SMARTS) is 1. The largest absolute Gasteiger partial charge is 0.480 e. The Hall–Kier alpha value is -1.83. The van der Waals surface area contributed by atoms with Crippen LogP contribution in [0.15, 0.2) is 0 Å². The van der Waals surface area contributed by atoms with Gasteiger partial charge in [0.1, 0.15) is 6.54 Å². The van der Waals surface area contributed by atoms with Gasteiger partial charge in [0.15, 0.2) is 0 Å². The van der Waals surface area contributed by atoms with Gasteiger partial charge >= 0.3 is 12.0 Å². The Kier molecular flexibility index (Phi) is 5.46. The highest BCUT2D eigenvalue weighted by Gasteiger charge is 2.37. The summed E-state index contributed by atoms with van der Waals surface area (Å²) in [6.07, 6.45) is 1.51. The summed E-state index contributed by atoms with van der Waals surface area (Å²) in [5, 5.41) is 11.8. The molecule has 0 aromatic carbocycles. The molecule has 1 saturated heterocycles. The van der Waals surface area contributed by atoms with Gasteiger partial charge in [-0.25, -0.2) is 4.79 Å². The van der Waals surface area contributed by atoms with Crippen molar-refractivity contribution >= 4 is 17.9 Å². The number of piperazine rings is 1. The molecule has 2 aliphatic rings. The van der Waals surface area contributed by atoms with E-state index in [0.29, 0.717) is 13.1 Å². The van der Waals surface area contributed by atoms with Crippen molar-refractivity contribution in [2.75, 3.05) is 33.2 Å². The van der Waals surface area contributed by atoms with Gasteiger partial charge in [-0.05, 0) is 26.3 Å². The summed E-state index contributed by atoms with van der Waals surface area (Å²) < 4.78 is 0. The number of carbonyl (C=O) groups is 3. The standard InChI is InChI=1S/C15H26N4O4/c1-4-18(9-14(21)22)12-5-11(6-12)16-15(23)19-7-10(2)17(3)13(20)8-19/h10-12H,4-9H2,1-3H3,(H,16,23)(H,21,22). The van der Waals surface area contributed by atoms with Crippen molar-refractivity contribution in [2.24, 2.45) is 0 Å². The molecule has 0 bridgehead atoms. The van der Waals surface area contributed by atoms with Crippen molar-refractivity contribution in [2.45, 2.75) is 44.8 Å². The fraction of sp³-hybridized carbons (Fsp3) is 0.800. The molecule has 0 aromatic rings. The minimum absolute atomic E-state index is 0.0160. The number of hydrogen-bond acceptors (Lipinski definition) is 4. The number of likely N-dealkylation sites (N-methyl/N-ethyl adjacent to an activating group) is 2. The van der Waals surface area contributed by atoms with Crippen molar-refractivity contribution in [3.8, 4) is 0 Å². The molecule has 1 heterocycles. The molecule has 23 heavy (non-hydrogen) atoms. The third-order valence-electron chi connectivity index (χ3n) is 4.85. The Morgan fingerprint density at radius 3 is 2.57 bits per heavy atom. The summed E-state index contributed by atoms with van der Waals surface area (Å²) in [4.78, 5) is 40.0. The molecule has 130 valence electrons. The molecule has 1 aliphatic heterocycles. The summed E-state index contributed by atoms with van der Waals surface area (Å²) in [5.41, 5.74) is 0. The number of urea groups is 1. The van der Waals surface area contributed by atoms with E-state index in [2.05, 4.69) is 5.32 Å². The number of carbonyl (C=O) groups excluding carboxylic acids is 2. The van der Waals surface area contributed by atoms with Crippen LogP contribution in [0.4, 0.5) is 4.79 Å². The summed E-state index contributed by atoms with van der Waals surface area (Å²) in [6, 6.07) is 0.0696. The molecule has 1 unspecified atom stereocenters. The Labute approximate surface area is 136 Å². The van der Waals surface area contributed by atoms with Crippen LogP contribution in [0.5, 0.6) is 0 Å². The molecular weight excluding hydrogens is 300 g/mol. The predicted octanol–water partition coefficient (Wildman–Crippen LogP) is -0.204. The lowest BCUT2D eigenvalue weighted by Gasteiger charge is -2.43. The number of nitrogens with one attached hydrogen (secondary N) is 1. The van der Waals surface area contributed by atoms with E-state index in [1.54, 1.807) is 16.8 Å². The van der Waals surface area contributed by atoms with E-state index in [1.807, 2.05) is 18.7 Å². The number of aliphatic carboxylic acids is 1. The molecule has 8 heteroatoms. The number of carboxylic acids is 1. The normalized spacial score (nSPS) is 27.8. The van der Waals surface area contributed by atoms with Crippen LogP contribution in [0.25, 0.3) is 0 Å². The highest BCUT2D eigenvalue weighted by atomic mass is 16.4. The SMILES string of the molecule is CCN(CC(=O)O)C1CC(NC(=O)N2CC(=O)N(C)C(C)C2)C1. The fourth-order valence-electron chi connectivity index (χ4n) is 3.12. The van der Waals surface area contributed by atoms with Crippen molar-refractivity contribution in [1.82, 2.24) is 20.0 Å². The Bertz CT molecular complexity index is 478. The second kappa shape index (κ2) is 7.16. The van der Waals surface area contributed by atoms with Crippen LogP contribution < -0.4 is 5.32 Å². The summed E-state index contributed by atoms with van der Waals surface area (Å²) in [6.45, 7) is 5.22. The Morgan fingerprint density at radius 1 is 1.39 bits per heavy atom. The second-order valence-corrected chi connectivity index (χ2v) is 6.46. The minimum Gasteiger partial charge on any atom is -0.480 e. The van der Waals surface area contributed by atoms with Crippen LogP contribution in [-0.4, -0.2) is 89.1 Å². The summed E-state index contributed by atoms with van der Waals surface area (Å²) >= 11 is 0. The van der Waals surface area contributed by atoms with Gasteiger partial charge < -0.3 is 20.2 Å². The molecule has 1 saturated carbocycles. The highest BCUT2D eigenvalue weighted by Crippen LogP contribution is 2.25. The molecular formula is C15H26N4O4. The smallest absolute Gasteiger partial charge is 0.318 e. The topological polar surface area (TPSA) is 93.2 Å². The van der Waals surface area contributed by atoms with E-state index in [9.17, 15) is 14.4 Å². The van der Waals surface area contributed by atoms with Crippen LogP contribution in [-0.2, 0) is 9.59 Å². The van der Waals surface area contributed by atoms with Crippen LogP contribution in [0.2, 0.25) is 0 Å². The zero-order valence-electron chi connectivity index (χ0n) is 14.0. The number of rotatable bonds is 5. The van der Waals surface area contributed by atoms with Crippen molar-refractivity contribution < 1.29 is 19.5 Å². The lowest BCUT2D eigenvalue weighted by Crippen LogP contribution is -2.61. The maximum absolute atomic E-state index is 12.3. The molecule has 0 spiro atoms. The summed E-state index contributed by atoms with van der Waals surface area (Å²) in [7, 11) is 1.75. The van der Waals surface area contributed by atoms with Crippen LogP contribution >= 0.6 is 0 Å². The summed E-state index contributed by atoms with van der Waals surface area (Å²) in [5.74, 6) is -0.881. The second-order valence-electron chi connectivity index (χ2n) is 6.46. The first-order valence-electron chi connectivity index (χ1n) is 8.08. The predicted molar refractivity (Wildman–Crippen MR) is 84.0 cm³/mol. The van der Waals surface area contributed by atoms with E-state index >= 15 is 0 Å². The Morgan fingerprint density at radius 2 is 2.04 bits per heavy atom. The maximum Gasteiger partial charge on any atom is 0.318 e. The molecule has 8 nitrogen and oxygen atoms in total. The van der Waals surface area contributed by atoms with Gasteiger partial charge in [0, 0.05) is 31.7 Å². The average molecular weight is 326 g/mol. The van der Waals surface area contributed by atoms with Gasteiger partial charge in [-0.3, -0.25) is 14.5 Å². The van der Waals surface area contributed by atoms with Gasteiger partial charge in [0.25, 0.3) is 0 Å². The molecule has 1 atom stereocenters.